The molecular formula is C16H36O3Si2. The van der Waals surface area contributed by atoms with E-state index < -0.39 is 16.6 Å². The van der Waals surface area contributed by atoms with Gasteiger partial charge in [-0.05, 0) is 36.3 Å². The molecule has 1 rings (SSSR count). The number of rotatable bonds is 6. The summed E-state index contributed by atoms with van der Waals surface area (Å²) >= 11 is 0. The van der Waals surface area contributed by atoms with E-state index in [1.807, 2.05) is 0 Å². The summed E-state index contributed by atoms with van der Waals surface area (Å²) < 4.78 is 18.3. The smallest absolute Gasteiger partial charge is 0.192 e. The van der Waals surface area contributed by atoms with Crippen LogP contribution in [0, 0.1) is 0 Å². The lowest BCUT2D eigenvalue weighted by atomic mass is 10.2. The Hall–Kier alpha value is 0.314. The van der Waals surface area contributed by atoms with Crippen LogP contribution in [0.2, 0.25) is 36.3 Å². The second-order valence-electron chi connectivity index (χ2n) is 9.57. The van der Waals surface area contributed by atoms with Crippen molar-refractivity contribution in [3.8, 4) is 0 Å². The second kappa shape index (κ2) is 5.75. The lowest BCUT2D eigenvalue weighted by Gasteiger charge is -2.38. The number of epoxide rings is 1. The van der Waals surface area contributed by atoms with Gasteiger partial charge in [0, 0.05) is 0 Å². The zero-order valence-corrected chi connectivity index (χ0v) is 17.8. The lowest BCUT2D eigenvalue weighted by Crippen LogP contribution is -2.47. The maximum absolute atomic E-state index is 6.32. The van der Waals surface area contributed by atoms with Crippen LogP contribution < -0.4 is 0 Å². The summed E-state index contributed by atoms with van der Waals surface area (Å²) in [6.45, 7) is 24.9. The summed E-state index contributed by atoms with van der Waals surface area (Å²) in [5.74, 6) is 0. The topological polar surface area (TPSA) is 31.0 Å². The van der Waals surface area contributed by atoms with Crippen LogP contribution in [0.1, 0.15) is 41.5 Å². The van der Waals surface area contributed by atoms with Gasteiger partial charge in [-0.15, -0.1) is 0 Å². The Morgan fingerprint density at radius 3 is 1.29 bits per heavy atom. The van der Waals surface area contributed by atoms with Crippen LogP contribution in [0.25, 0.3) is 0 Å². The van der Waals surface area contributed by atoms with Crippen LogP contribution in [0.4, 0.5) is 0 Å². The molecule has 0 amide bonds. The van der Waals surface area contributed by atoms with Gasteiger partial charge in [0.25, 0.3) is 0 Å². The zero-order chi connectivity index (χ0) is 16.7. The number of ether oxygens (including phenoxy) is 1. The molecule has 0 atom stereocenters. The molecule has 0 aliphatic carbocycles. The number of hydrogen-bond acceptors (Lipinski definition) is 3. The Balaban J connectivity index is 2.54. The van der Waals surface area contributed by atoms with Gasteiger partial charge in [-0.3, -0.25) is 0 Å². The minimum absolute atomic E-state index is 0.176. The third-order valence-electron chi connectivity index (χ3n) is 5.56. The van der Waals surface area contributed by atoms with Crippen LogP contribution in [-0.2, 0) is 13.6 Å². The fourth-order valence-electron chi connectivity index (χ4n) is 1.37. The van der Waals surface area contributed by atoms with Gasteiger partial charge in [-0.2, -0.15) is 0 Å². The molecule has 21 heavy (non-hydrogen) atoms. The van der Waals surface area contributed by atoms with E-state index in [0.717, 1.165) is 6.61 Å². The molecule has 0 unspecified atom stereocenters. The van der Waals surface area contributed by atoms with E-state index in [1.54, 1.807) is 0 Å². The van der Waals surface area contributed by atoms with E-state index >= 15 is 0 Å². The van der Waals surface area contributed by atoms with Crippen molar-refractivity contribution in [1.82, 2.24) is 0 Å². The summed E-state index contributed by atoms with van der Waals surface area (Å²) in [7, 11) is -3.42. The molecule has 3 nitrogen and oxygen atoms in total. The Labute approximate surface area is 134 Å². The van der Waals surface area contributed by atoms with Gasteiger partial charge in [-0.25, -0.2) is 0 Å². The van der Waals surface area contributed by atoms with Gasteiger partial charge in [0.15, 0.2) is 16.6 Å². The van der Waals surface area contributed by atoms with Crippen molar-refractivity contribution in [2.24, 2.45) is 0 Å². The van der Waals surface area contributed by atoms with Crippen molar-refractivity contribution >= 4 is 16.6 Å². The summed E-state index contributed by atoms with van der Waals surface area (Å²) in [4.78, 5) is 0. The largest absolute Gasteiger partial charge is 0.414 e. The van der Waals surface area contributed by atoms with Crippen molar-refractivity contribution in [3.63, 3.8) is 0 Å². The molecule has 0 aromatic heterocycles. The molecule has 0 aromatic carbocycles. The third-order valence-corrected chi connectivity index (χ3v) is 14.5. The molecular weight excluding hydrogens is 296 g/mol. The first-order valence-corrected chi connectivity index (χ1v) is 13.9. The summed E-state index contributed by atoms with van der Waals surface area (Å²) in [5.41, 5.74) is -0.176. The molecule has 126 valence electrons. The highest BCUT2D eigenvalue weighted by molar-refractivity contribution is 6.74. The Morgan fingerprint density at radius 1 is 0.810 bits per heavy atom. The fourth-order valence-corrected chi connectivity index (χ4v) is 3.48. The van der Waals surface area contributed by atoms with Crippen LogP contribution in [0.5, 0.6) is 0 Å². The first kappa shape index (κ1) is 19.4. The van der Waals surface area contributed by atoms with Crippen LogP contribution in [-0.4, -0.2) is 42.1 Å². The number of hydrogen-bond donors (Lipinski definition) is 0. The van der Waals surface area contributed by atoms with Gasteiger partial charge in [-0.1, -0.05) is 41.5 Å². The Morgan fingerprint density at radius 2 is 1.10 bits per heavy atom. The normalized spacial score (nSPS) is 19.7. The van der Waals surface area contributed by atoms with E-state index in [4.69, 9.17) is 13.6 Å². The van der Waals surface area contributed by atoms with Crippen molar-refractivity contribution < 1.29 is 13.6 Å². The van der Waals surface area contributed by atoms with Crippen molar-refractivity contribution in [1.29, 1.82) is 0 Å². The first-order valence-electron chi connectivity index (χ1n) is 8.04. The second-order valence-corrected chi connectivity index (χ2v) is 19.2. The average Bonchev–Trinajstić information content (AvgIpc) is 3.02. The average molecular weight is 333 g/mol. The fraction of sp³-hybridized carbons (Fsp3) is 1.00. The highest BCUT2D eigenvalue weighted by atomic mass is 28.4. The molecule has 1 heterocycles. The molecule has 1 aliphatic rings. The zero-order valence-electron chi connectivity index (χ0n) is 15.8. The van der Waals surface area contributed by atoms with E-state index in [-0.39, 0.29) is 15.7 Å². The van der Waals surface area contributed by atoms with Crippen molar-refractivity contribution in [2.75, 3.05) is 19.8 Å². The SMILES string of the molecule is CC(C)(C)[Si](C)(C)OCC1(CO[Si](C)(C)C(C)(C)C)CO1. The first-order chi connectivity index (χ1) is 9.12. The molecule has 1 fully saturated rings. The van der Waals surface area contributed by atoms with Gasteiger partial charge in [0.05, 0.1) is 19.8 Å². The third kappa shape index (κ3) is 4.89. The van der Waals surface area contributed by atoms with Crippen LogP contribution in [0.3, 0.4) is 0 Å². The molecule has 0 saturated carbocycles. The lowest BCUT2D eigenvalue weighted by molar-refractivity contribution is 0.116. The van der Waals surface area contributed by atoms with Gasteiger partial charge in [0.1, 0.15) is 5.60 Å². The van der Waals surface area contributed by atoms with E-state index in [0.29, 0.717) is 13.2 Å². The predicted molar refractivity (Wildman–Crippen MR) is 95.0 cm³/mol. The molecule has 0 aromatic rings. The summed E-state index contributed by atoms with van der Waals surface area (Å²) in [6, 6.07) is 0. The van der Waals surface area contributed by atoms with E-state index in [9.17, 15) is 0 Å². The van der Waals surface area contributed by atoms with Crippen molar-refractivity contribution in [3.05, 3.63) is 0 Å². The van der Waals surface area contributed by atoms with Crippen LogP contribution >= 0.6 is 0 Å². The monoisotopic (exact) mass is 332 g/mol. The highest BCUT2D eigenvalue weighted by Gasteiger charge is 2.50. The maximum atomic E-state index is 6.32. The minimum Gasteiger partial charge on any atom is -0.414 e. The van der Waals surface area contributed by atoms with Gasteiger partial charge < -0.3 is 13.6 Å². The minimum atomic E-state index is -1.71. The van der Waals surface area contributed by atoms with Gasteiger partial charge in [0.2, 0.25) is 0 Å². The standard InChI is InChI=1S/C16H36O3Si2/c1-14(2,3)20(7,8)18-12-16(11-17-16)13-19-21(9,10)15(4,5)6/h11-13H2,1-10H3. The van der Waals surface area contributed by atoms with Crippen LogP contribution in [0.15, 0.2) is 0 Å². The summed E-state index contributed by atoms with van der Waals surface area (Å²) in [5, 5.41) is 0.479. The maximum Gasteiger partial charge on any atom is 0.192 e. The highest BCUT2D eigenvalue weighted by Crippen LogP contribution is 2.41. The summed E-state index contributed by atoms with van der Waals surface area (Å²) in [6.07, 6.45) is 0. The quantitative estimate of drug-likeness (QED) is 0.517. The molecule has 0 bridgehead atoms. The van der Waals surface area contributed by atoms with Gasteiger partial charge >= 0.3 is 0 Å². The Kier molecular flexibility index (Phi) is 5.30. The molecule has 0 N–H and O–H groups in total. The molecule has 1 aliphatic heterocycles. The van der Waals surface area contributed by atoms with E-state index in [2.05, 4.69) is 67.7 Å². The molecule has 1 saturated heterocycles. The predicted octanol–water partition coefficient (Wildman–Crippen LogP) is 4.80. The molecule has 0 radical (unpaired) electrons. The molecule has 0 spiro atoms. The van der Waals surface area contributed by atoms with E-state index in [1.165, 1.54) is 0 Å². The Bertz CT molecular complexity index is 329. The molecule has 5 heteroatoms. The van der Waals surface area contributed by atoms with Crippen molar-refractivity contribution in [2.45, 2.75) is 83.4 Å².